The van der Waals surface area contributed by atoms with E-state index < -0.39 is 0 Å². The monoisotopic (exact) mass is 294 g/mol. The average Bonchev–Trinajstić information content (AvgIpc) is 2.46. The third-order valence-corrected chi connectivity index (χ3v) is 4.53. The second-order valence-electron chi connectivity index (χ2n) is 5.15. The van der Waals surface area contributed by atoms with Crippen molar-refractivity contribution in [3.05, 3.63) is 24.3 Å². The van der Waals surface area contributed by atoms with Crippen molar-refractivity contribution in [1.29, 1.82) is 0 Å². The van der Waals surface area contributed by atoms with Crippen molar-refractivity contribution in [2.75, 3.05) is 36.9 Å². The van der Waals surface area contributed by atoms with Gasteiger partial charge < -0.3 is 10.0 Å². The topological polar surface area (TPSA) is 43.8 Å². The van der Waals surface area contributed by atoms with Crippen LogP contribution in [0.3, 0.4) is 0 Å². The molecule has 1 amide bonds. The van der Waals surface area contributed by atoms with Crippen LogP contribution in [0, 0.1) is 0 Å². The highest BCUT2D eigenvalue weighted by molar-refractivity contribution is 7.99. The van der Waals surface area contributed by atoms with Gasteiger partial charge in [0.25, 0.3) is 0 Å². The summed E-state index contributed by atoms with van der Waals surface area (Å²) in [5.41, 5.74) is 1.02. The molecule has 1 aliphatic heterocycles. The molecule has 0 bridgehead atoms. The predicted octanol–water partition coefficient (Wildman–Crippen LogP) is 1.83. The van der Waals surface area contributed by atoms with Gasteiger partial charge in [-0.25, -0.2) is 0 Å². The maximum atomic E-state index is 12.5. The standard InChI is InChI=1S/C15H22N2O2S/c1-12(2)16(7-9-18)11-15(19)17-8-10-20-14-6-4-3-5-13(14)17/h3-6,12,18H,7-11H2,1-2H3. The zero-order valence-electron chi connectivity index (χ0n) is 12.1. The fraction of sp³-hybridized carbons (Fsp3) is 0.533. The first-order valence-corrected chi connectivity index (χ1v) is 7.99. The van der Waals surface area contributed by atoms with E-state index in [0.717, 1.165) is 18.0 Å². The fourth-order valence-corrected chi connectivity index (χ4v) is 3.33. The number of nitrogens with zero attached hydrogens (tertiary/aromatic N) is 2. The highest BCUT2D eigenvalue weighted by Gasteiger charge is 2.24. The zero-order chi connectivity index (χ0) is 14.5. The van der Waals surface area contributed by atoms with E-state index >= 15 is 0 Å². The number of hydrogen-bond donors (Lipinski definition) is 1. The second kappa shape index (κ2) is 7.11. The van der Waals surface area contributed by atoms with Crippen molar-refractivity contribution >= 4 is 23.4 Å². The van der Waals surface area contributed by atoms with Crippen molar-refractivity contribution in [2.24, 2.45) is 0 Å². The number of hydrogen-bond acceptors (Lipinski definition) is 4. The zero-order valence-corrected chi connectivity index (χ0v) is 12.9. The molecule has 1 N–H and O–H groups in total. The number of benzene rings is 1. The second-order valence-corrected chi connectivity index (χ2v) is 6.29. The van der Waals surface area contributed by atoms with Crippen LogP contribution in [0.25, 0.3) is 0 Å². The minimum absolute atomic E-state index is 0.0812. The third kappa shape index (κ3) is 3.53. The van der Waals surface area contributed by atoms with E-state index in [1.165, 1.54) is 4.90 Å². The predicted molar refractivity (Wildman–Crippen MR) is 83.3 cm³/mol. The van der Waals surface area contributed by atoms with E-state index in [9.17, 15) is 4.79 Å². The number of amides is 1. The third-order valence-electron chi connectivity index (χ3n) is 3.49. The molecule has 4 nitrogen and oxygen atoms in total. The first kappa shape index (κ1) is 15.4. The van der Waals surface area contributed by atoms with Crippen LogP contribution in [-0.4, -0.2) is 53.9 Å². The van der Waals surface area contributed by atoms with Gasteiger partial charge in [-0.3, -0.25) is 9.69 Å². The van der Waals surface area contributed by atoms with Gasteiger partial charge in [0.1, 0.15) is 0 Å². The van der Waals surface area contributed by atoms with Crippen LogP contribution in [0.4, 0.5) is 5.69 Å². The molecule has 0 unspecified atom stereocenters. The Hall–Kier alpha value is -1.04. The van der Waals surface area contributed by atoms with Gasteiger partial charge in [-0.1, -0.05) is 12.1 Å². The molecule has 0 aromatic heterocycles. The van der Waals surface area contributed by atoms with Crippen LogP contribution in [0.5, 0.6) is 0 Å². The summed E-state index contributed by atoms with van der Waals surface area (Å²) in [4.78, 5) is 17.6. The van der Waals surface area contributed by atoms with E-state index in [4.69, 9.17) is 5.11 Å². The van der Waals surface area contributed by atoms with Crippen LogP contribution in [0.1, 0.15) is 13.8 Å². The van der Waals surface area contributed by atoms with Gasteiger partial charge in [0.2, 0.25) is 5.91 Å². The molecule has 2 rings (SSSR count). The SMILES string of the molecule is CC(C)N(CCO)CC(=O)N1CCSc2ccccc21. The number of aliphatic hydroxyl groups excluding tert-OH is 1. The van der Waals surface area contributed by atoms with Crippen molar-refractivity contribution in [1.82, 2.24) is 4.90 Å². The van der Waals surface area contributed by atoms with Gasteiger partial charge in [0, 0.05) is 29.8 Å². The average molecular weight is 294 g/mol. The number of anilines is 1. The molecule has 0 radical (unpaired) electrons. The Morgan fingerprint density at radius 3 is 2.90 bits per heavy atom. The lowest BCUT2D eigenvalue weighted by atomic mass is 10.2. The Kier molecular flexibility index (Phi) is 5.46. The fourth-order valence-electron chi connectivity index (χ4n) is 2.34. The number of fused-ring (bicyclic) bond motifs is 1. The molecule has 1 aromatic rings. The molecule has 1 aromatic carbocycles. The summed E-state index contributed by atoms with van der Waals surface area (Å²) >= 11 is 1.80. The summed E-state index contributed by atoms with van der Waals surface area (Å²) in [6.07, 6.45) is 0. The number of carbonyl (C=O) groups excluding carboxylic acids is 1. The molecule has 1 aliphatic rings. The molecule has 5 heteroatoms. The van der Waals surface area contributed by atoms with E-state index in [-0.39, 0.29) is 18.6 Å². The molecule has 20 heavy (non-hydrogen) atoms. The number of thioether (sulfide) groups is 1. The molecular formula is C15H22N2O2S. The van der Waals surface area contributed by atoms with E-state index in [0.29, 0.717) is 13.1 Å². The summed E-state index contributed by atoms with van der Waals surface area (Å²) in [5.74, 6) is 1.05. The van der Waals surface area contributed by atoms with Gasteiger partial charge in [0.05, 0.1) is 18.8 Å². The van der Waals surface area contributed by atoms with Gasteiger partial charge in [-0.05, 0) is 26.0 Å². The molecule has 0 atom stereocenters. The molecule has 0 aliphatic carbocycles. The summed E-state index contributed by atoms with van der Waals surface area (Å²) in [6, 6.07) is 8.30. The molecule has 0 saturated heterocycles. The van der Waals surface area contributed by atoms with Crippen molar-refractivity contribution < 1.29 is 9.90 Å². The van der Waals surface area contributed by atoms with E-state index in [1.54, 1.807) is 11.8 Å². The summed E-state index contributed by atoms with van der Waals surface area (Å²) in [5, 5.41) is 9.10. The highest BCUT2D eigenvalue weighted by Crippen LogP contribution is 2.34. The Bertz CT molecular complexity index is 465. The maximum absolute atomic E-state index is 12.5. The minimum atomic E-state index is 0.0812. The van der Waals surface area contributed by atoms with Gasteiger partial charge in [0.15, 0.2) is 0 Å². The Balaban J connectivity index is 2.10. The quantitative estimate of drug-likeness (QED) is 0.900. The summed E-state index contributed by atoms with van der Waals surface area (Å²) in [6.45, 7) is 5.82. The molecule has 1 heterocycles. The lowest BCUT2D eigenvalue weighted by molar-refractivity contribution is -0.120. The van der Waals surface area contributed by atoms with E-state index in [2.05, 4.69) is 6.07 Å². The number of para-hydroxylation sites is 1. The Morgan fingerprint density at radius 2 is 2.20 bits per heavy atom. The van der Waals surface area contributed by atoms with E-state index in [1.807, 2.05) is 41.8 Å². The molecule has 0 spiro atoms. The molecule has 110 valence electrons. The molecule has 0 saturated carbocycles. The number of carbonyl (C=O) groups is 1. The van der Waals surface area contributed by atoms with Crippen molar-refractivity contribution in [2.45, 2.75) is 24.8 Å². The first-order valence-electron chi connectivity index (χ1n) is 7.00. The van der Waals surface area contributed by atoms with Crippen molar-refractivity contribution in [3.8, 4) is 0 Å². The maximum Gasteiger partial charge on any atom is 0.241 e. The van der Waals surface area contributed by atoms with Gasteiger partial charge >= 0.3 is 0 Å². The van der Waals surface area contributed by atoms with Gasteiger partial charge in [-0.15, -0.1) is 11.8 Å². The largest absolute Gasteiger partial charge is 0.395 e. The lowest BCUT2D eigenvalue weighted by Crippen LogP contribution is -2.45. The van der Waals surface area contributed by atoms with Gasteiger partial charge in [-0.2, -0.15) is 0 Å². The van der Waals surface area contributed by atoms with Crippen LogP contribution in [-0.2, 0) is 4.79 Å². The normalized spacial score (nSPS) is 14.8. The Morgan fingerprint density at radius 1 is 1.45 bits per heavy atom. The van der Waals surface area contributed by atoms with Crippen LogP contribution >= 0.6 is 11.8 Å². The van der Waals surface area contributed by atoms with Crippen molar-refractivity contribution in [3.63, 3.8) is 0 Å². The van der Waals surface area contributed by atoms with Crippen LogP contribution in [0.2, 0.25) is 0 Å². The lowest BCUT2D eigenvalue weighted by Gasteiger charge is -2.32. The Labute approximate surface area is 124 Å². The molecule has 0 fully saturated rings. The first-order chi connectivity index (χ1) is 9.63. The van der Waals surface area contributed by atoms with Crippen LogP contribution < -0.4 is 4.90 Å². The minimum Gasteiger partial charge on any atom is -0.395 e. The highest BCUT2D eigenvalue weighted by atomic mass is 32.2. The number of rotatable bonds is 5. The summed E-state index contributed by atoms with van der Waals surface area (Å²) in [7, 11) is 0. The summed E-state index contributed by atoms with van der Waals surface area (Å²) < 4.78 is 0. The number of aliphatic hydroxyl groups is 1. The molecular weight excluding hydrogens is 272 g/mol. The van der Waals surface area contributed by atoms with Crippen LogP contribution in [0.15, 0.2) is 29.2 Å². The smallest absolute Gasteiger partial charge is 0.241 e.